The normalized spacial score (nSPS) is 13.5. The standard InChI is InChI=1S/C25H31ClIN3O5/c1-16-10-18(25(2,3)17-4-7-21(8-5-17)34-14-19(32)11-26)6-9-23(16)35-15-20(33)12-30-24(27)22(13-31)28-29-30/h4-10,19-20,31-33H,11-15H2,1-3H3/t19-,20-/m0/s1. The number of nitrogens with zero attached hydrogens (tertiary/aromatic N) is 3. The molecule has 0 spiro atoms. The van der Waals surface area contributed by atoms with E-state index >= 15 is 0 Å². The third kappa shape index (κ3) is 7.07. The number of aliphatic hydroxyl groups excluding tert-OH is 3. The summed E-state index contributed by atoms with van der Waals surface area (Å²) in [6, 6.07) is 13.9. The van der Waals surface area contributed by atoms with Crippen LogP contribution in [-0.4, -0.2) is 61.6 Å². The molecular formula is C25H31ClIN3O5. The van der Waals surface area contributed by atoms with E-state index in [-0.39, 0.29) is 37.7 Å². The van der Waals surface area contributed by atoms with Gasteiger partial charge in [0.15, 0.2) is 0 Å². The number of hydrogen-bond donors (Lipinski definition) is 3. The minimum Gasteiger partial charge on any atom is -0.491 e. The molecular weight excluding hydrogens is 585 g/mol. The van der Waals surface area contributed by atoms with E-state index in [1.54, 1.807) is 4.68 Å². The van der Waals surface area contributed by atoms with Gasteiger partial charge in [0.1, 0.15) is 46.3 Å². The SMILES string of the molecule is Cc1cc(C(C)(C)c2ccc(OC[C@@H](O)CCl)cc2)ccc1OC[C@@H](O)Cn1nnc(CO)c1I. The van der Waals surface area contributed by atoms with E-state index in [4.69, 9.17) is 21.1 Å². The quantitative estimate of drug-likeness (QED) is 0.212. The van der Waals surface area contributed by atoms with Crippen LogP contribution in [0.1, 0.15) is 36.2 Å². The molecule has 190 valence electrons. The Hall–Kier alpha value is -1.92. The molecule has 3 N–H and O–H groups in total. The van der Waals surface area contributed by atoms with Crippen molar-refractivity contribution in [2.45, 2.75) is 51.5 Å². The topological polar surface area (TPSA) is 110 Å². The summed E-state index contributed by atoms with van der Waals surface area (Å²) < 4.78 is 13.7. The fourth-order valence-corrected chi connectivity index (χ4v) is 4.22. The summed E-state index contributed by atoms with van der Waals surface area (Å²) in [5.74, 6) is 1.52. The first-order valence-corrected chi connectivity index (χ1v) is 12.8. The van der Waals surface area contributed by atoms with Gasteiger partial charge in [0.2, 0.25) is 0 Å². The van der Waals surface area contributed by atoms with E-state index in [9.17, 15) is 15.3 Å². The summed E-state index contributed by atoms with van der Waals surface area (Å²) in [5, 5.41) is 37.0. The number of hydrogen-bond acceptors (Lipinski definition) is 7. The summed E-state index contributed by atoms with van der Waals surface area (Å²) in [5.41, 5.74) is 3.44. The lowest BCUT2D eigenvalue weighted by molar-refractivity contribution is 0.0878. The Kier molecular flexibility index (Phi) is 9.77. The van der Waals surface area contributed by atoms with Gasteiger partial charge in [-0.1, -0.05) is 43.3 Å². The third-order valence-electron chi connectivity index (χ3n) is 5.80. The van der Waals surface area contributed by atoms with E-state index in [0.717, 1.165) is 16.7 Å². The lowest BCUT2D eigenvalue weighted by Crippen LogP contribution is -2.25. The molecule has 0 fully saturated rings. The van der Waals surface area contributed by atoms with Crippen LogP contribution in [0.25, 0.3) is 0 Å². The van der Waals surface area contributed by atoms with Gasteiger partial charge in [0.25, 0.3) is 0 Å². The Morgan fingerprint density at radius 3 is 2.29 bits per heavy atom. The van der Waals surface area contributed by atoms with Crippen LogP contribution >= 0.6 is 34.2 Å². The van der Waals surface area contributed by atoms with Gasteiger partial charge in [-0.25, -0.2) is 4.68 Å². The van der Waals surface area contributed by atoms with Crippen LogP contribution in [0.4, 0.5) is 0 Å². The number of rotatable bonds is 12. The highest BCUT2D eigenvalue weighted by Gasteiger charge is 2.24. The van der Waals surface area contributed by atoms with Gasteiger partial charge in [-0.3, -0.25) is 0 Å². The average Bonchev–Trinajstić information content (AvgIpc) is 3.20. The number of alkyl halides is 1. The van der Waals surface area contributed by atoms with Crippen molar-refractivity contribution in [3.63, 3.8) is 0 Å². The van der Waals surface area contributed by atoms with Gasteiger partial charge in [0.05, 0.1) is 19.0 Å². The largest absolute Gasteiger partial charge is 0.491 e. The minimum atomic E-state index is -0.779. The zero-order valence-electron chi connectivity index (χ0n) is 20.0. The van der Waals surface area contributed by atoms with Crippen molar-refractivity contribution < 1.29 is 24.8 Å². The van der Waals surface area contributed by atoms with Gasteiger partial charge in [-0.15, -0.1) is 16.7 Å². The molecule has 0 saturated carbocycles. The molecule has 3 rings (SSSR count). The molecule has 1 aromatic heterocycles. The Morgan fingerprint density at radius 1 is 1.03 bits per heavy atom. The average molecular weight is 616 g/mol. The smallest absolute Gasteiger partial charge is 0.125 e. The second-order valence-corrected chi connectivity index (χ2v) is 10.2. The van der Waals surface area contributed by atoms with Crippen molar-refractivity contribution in [3.8, 4) is 11.5 Å². The highest BCUT2D eigenvalue weighted by atomic mass is 127. The molecule has 0 saturated heterocycles. The number of aryl methyl sites for hydroxylation is 1. The van der Waals surface area contributed by atoms with Crippen molar-refractivity contribution in [1.82, 2.24) is 15.0 Å². The Morgan fingerprint density at radius 2 is 1.69 bits per heavy atom. The van der Waals surface area contributed by atoms with Crippen molar-refractivity contribution in [3.05, 3.63) is 68.5 Å². The summed E-state index contributed by atoms with van der Waals surface area (Å²) in [7, 11) is 0. The molecule has 1 heterocycles. The lowest BCUT2D eigenvalue weighted by Gasteiger charge is -2.27. The van der Waals surface area contributed by atoms with E-state index in [1.165, 1.54) is 0 Å². The first-order chi connectivity index (χ1) is 16.6. The molecule has 0 radical (unpaired) electrons. The molecule has 0 aliphatic rings. The highest BCUT2D eigenvalue weighted by molar-refractivity contribution is 14.1. The highest BCUT2D eigenvalue weighted by Crippen LogP contribution is 2.34. The summed E-state index contributed by atoms with van der Waals surface area (Å²) in [4.78, 5) is 0. The second kappa shape index (κ2) is 12.4. The Bertz CT molecular complexity index is 1110. The molecule has 0 unspecified atom stereocenters. The molecule has 10 heteroatoms. The monoisotopic (exact) mass is 615 g/mol. The van der Waals surface area contributed by atoms with Crippen molar-refractivity contribution in [2.75, 3.05) is 19.1 Å². The molecule has 0 bridgehead atoms. The molecule has 8 nitrogen and oxygen atoms in total. The lowest BCUT2D eigenvalue weighted by atomic mass is 9.77. The number of aliphatic hydroxyl groups is 3. The fourth-order valence-electron chi connectivity index (χ4n) is 3.56. The molecule has 35 heavy (non-hydrogen) atoms. The van der Waals surface area contributed by atoms with Crippen molar-refractivity contribution >= 4 is 34.2 Å². The Balaban J connectivity index is 1.62. The van der Waals surface area contributed by atoms with Crippen molar-refractivity contribution in [1.29, 1.82) is 0 Å². The maximum atomic E-state index is 10.4. The zero-order valence-corrected chi connectivity index (χ0v) is 22.9. The van der Waals surface area contributed by atoms with Crippen LogP contribution < -0.4 is 9.47 Å². The van der Waals surface area contributed by atoms with Crippen LogP contribution in [0.2, 0.25) is 0 Å². The van der Waals surface area contributed by atoms with E-state index in [0.29, 0.717) is 20.9 Å². The molecule has 2 aromatic carbocycles. The molecule has 2 atom stereocenters. The van der Waals surface area contributed by atoms with Gasteiger partial charge >= 0.3 is 0 Å². The van der Waals surface area contributed by atoms with Gasteiger partial charge in [-0.05, 0) is 64.4 Å². The van der Waals surface area contributed by atoms with Crippen LogP contribution in [0.3, 0.4) is 0 Å². The summed E-state index contributed by atoms with van der Waals surface area (Å²) >= 11 is 7.65. The number of aromatic nitrogens is 3. The van der Waals surface area contributed by atoms with Crippen LogP contribution in [0.5, 0.6) is 11.5 Å². The van der Waals surface area contributed by atoms with Gasteiger partial charge in [0, 0.05) is 5.41 Å². The number of ether oxygens (including phenoxy) is 2. The fraction of sp³-hybridized carbons (Fsp3) is 0.440. The van der Waals surface area contributed by atoms with Gasteiger partial charge in [-0.2, -0.15) is 0 Å². The summed E-state index contributed by atoms with van der Waals surface area (Å²) in [6.45, 7) is 6.58. The van der Waals surface area contributed by atoms with Crippen LogP contribution in [-0.2, 0) is 18.6 Å². The van der Waals surface area contributed by atoms with Crippen molar-refractivity contribution in [2.24, 2.45) is 0 Å². The summed E-state index contributed by atoms with van der Waals surface area (Å²) in [6.07, 6.45) is -1.47. The molecule has 3 aromatic rings. The second-order valence-electron chi connectivity index (χ2n) is 8.88. The van der Waals surface area contributed by atoms with Crippen LogP contribution in [0, 0.1) is 10.6 Å². The predicted octanol–water partition coefficient (Wildman–Crippen LogP) is 3.43. The van der Waals surface area contributed by atoms with E-state index in [1.807, 2.05) is 65.9 Å². The van der Waals surface area contributed by atoms with Gasteiger partial charge < -0.3 is 24.8 Å². The Labute approximate surface area is 224 Å². The zero-order chi connectivity index (χ0) is 25.6. The molecule has 0 amide bonds. The molecule has 0 aliphatic heterocycles. The van der Waals surface area contributed by atoms with E-state index in [2.05, 4.69) is 30.2 Å². The van der Waals surface area contributed by atoms with E-state index < -0.39 is 12.2 Å². The van der Waals surface area contributed by atoms with Crippen LogP contribution in [0.15, 0.2) is 42.5 Å². The number of halogens is 2. The first-order valence-electron chi connectivity index (χ1n) is 11.2. The minimum absolute atomic E-state index is 0.105. The molecule has 0 aliphatic carbocycles. The maximum Gasteiger partial charge on any atom is 0.125 e. The number of benzene rings is 2. The maximum absolute atomic E-state index is 10.4. The predicted molar refractivity (Wildman–Crippen MR) is 142 cm³/mol. The first kappa shape index (κ1) is 27.7. The third-order valence-corrected chi connectivity index (χ3v) is 7.33.